The van der Waals surface area contributed by atoms with Gasteiger partial charge < -0.3 is 9.32 Å². The lowest BCUT2D eigenvalue weighted by Crippen LogP contribution is -2.30. The van der Waals surface area contributed by atoms with Gasteiger partial charge in [-0.15, -0.1) is 0 Å². The molecule has 0 unspecified atom stereocenters. The van der Waals surface area contributed by atoms with E-state index in [1.54, 1.807) is 12.1 Å². The Morgan fingerprint density at radius 1 is 0.842 bits per heavy atom. The van der Waals surface area contributed by atoms with Crippen LogP contribution < -0.4 is 5.43 Å². The van der Waals surface area contributed by atoms with Gasteiger partial charge >= 0.3 is 0 Å². The van der Waals surface area contributed by atoms with Crippen LogP contribution >= 0.6 is 0 Å². The van der Waals surface area contributed by atoms with Crippen molar-refractivity contribution in [3.8, 4) is 0 Å². The molecule has 1 N–H and O–H groups in total. The summed E-state index contributed by atoms with van der Waals surface area (Å²) in [5.41, 5.74) is 8.77. The molecule has 6 heteroatoms. The average molecular weight is 506 g/mol. The van der Waals surface area contributed by atoms with E-state index in [0.29, 0.717) is 30.8 Å². The Morgan fingerprint density at radius 3 is 2.05 bits per heavy atom. The summed E-state index contributed by atoms with van der Waals surface area (Å²) in [5.74, 6) is 0.660. The summed E-state index contributed by atoms with van der Waals surface area (Å²) in [6.45, 7) is 4.81. The van der Waals surface area contributed by atoms with Crippen molar-refractivity contribution in [2.24, 2.45) is 5.10 Å². The molecule has 0 fully saturated rings. The maximum absolute atomic E-state index is 13.9. The average Bonchev–Trinajstić information content (AvgIpc) is 3.29. The number of hydrazone groups is 1. The van der Waals surface area contributed by atoms with Crippen LogP contribution in [0.1, 0.15) is 67.3 Å². The van der Waals surface area contributed by atoms with Crippen LogP contribution in [0.2, 0.25) is 0 Å². The molecule has 1 heterocycles. The highest BCUT2D eigenvalue weighted by atomic mass is 16.4. The molecule has 0 bridgehead atoms. The molecule has 0 radical (unpaired) electrons. The highest BCUT2D eigenvalue weighted by molar-refractivity contribution is 6.07. The fourth-order valence-corrected chi connectivity index (χ4v) is 4.82. The third-order valence-electron chi connectivity index (χ3n) is 6.85. The second kappa shape index (κ2) is 11.3. The monoisotopic (exact) mass is 505 g/mol. The standard InChI is InChI=1S/C32H31N3O3/c1-22-16-18-26(19-17-22)31(36)34-33-27-14-9-15-28-29(27)23(2)30(38-28)32(37)35(20-24-10-5-3-6-11-24)21-25-12-7-4-8-13-25/h3-8,10-13,16-19H,9,14-15,20-21H2,1-2H3,(H,34,36)/b33-27+. The van der Waals surface area contributed by atoms with Gasteiger partial charge in [0.05, 0.1) is 5.71 Å². The molecule has 2 amide bonds. The third-order valence-corrected chi connectivity index (χ3v) is 6.85. The Bertz CT molecular complexity index is 1410. The fourth-order valence-electron chi connectivity index (χ4n) is 4.82. The van der Waals surface area contributed by atoms with Crippen LogP contribution in [-0.2, 0) is 19.5 Å². The lowest BCUT2D eigenvalue weighted by molar-refractivity contribution is 0.0694. The second-order valence-electron chi connectivity index (χ2n) is 9.71. The molecule has 0 atom stereocenters. The van der Waals surface area contributed by atoms with Crippen molar-refractivity contribution < 1.29 is 14.0 Å². The zero-order chi connectivity index (χ0) is 26.5. The first-order chi connectivity index (χ1) is 18.5. The lowest BCUT2D eigenvalue weighted by atomic mass is 9.93. The highest BCUT2D eigenvalue weighted by Crippen LogP contribution is 2.31. The number of nitrogens with one attached hydrogen (secondary N) is 1. The number of rotatable bonds is 7. The molecule has 1 aliphatic rings. The van der Waals surface area contributed by atoms with Crippen molar-refractivity contribution >= 4 is 17.5 Å². The van der Waals surface area contributed by atoms with E-state index in [1.165, 1.54) is 0 Å². The molecule has 6 nitrogen and oxygen atoms in total. The van der Waals surface area contributed by atoms with Gasteiger partial charge in [0.15, 0.2) is 5.76 Å². The van der Waals surface area contributed by atoms with Gasteiger partial charge in [-0.3, -0.25) is 9.59 Å². The van der Waals surface area contributed by atoms with E-state index in [1.807, 2.05) is 91.5 Å². The minimum absolute atomic E-state index is 0.160. The second-order valence-corrected chi connectivity index (χ2v) is 9.71. The summed E-state index contributed by atoms with van der Waals surface area (Å²) in [5, 5.41) is 4.47. The Morgan fingerprint density at radius 2 is 1.45 bits per heavy atom. The maximum atomic E-state index is 13.9. The Balaban J connectivity index is 1.42. The summed E-state index contributed by atoms with van der Waals surface area (Å²) >= 11 is 0. The molecular formula is C32H31N3O3. The predicted molar refractivity (Wildman–Crippen MR) is 148 cm³/mol. The van der Waals surface area contributed by atoms with E-state index < -0.39 is 0 Å². The van der Waals surface area contributed by atoms with E-state index in [2.05, 4.69) is 10.5 Å². The van der Waals surface area contributed by atoms with E-state index >= 15 is 0 Å². The number of hydrogen-bond acceptors (Lipinski definition) is 4. The Labute approximate surface area is 223 Å². The van der Waals surface area contributed by atoms with E-state index in [9.17, 15) is 9.59 Å². The van der Waals surface area contributed by atoms with Crippen LogP contribution in [-0.4, -0.2) is 22.4 Å². The molecule has 0 saturated carbocycles. The number of hydrogen-bond donors (Lipinski definition) is 1. The quantitative estimate of drug-likeness (QED) is 0.304. The van der Waals surface area contributed by atoms with Crippen molar-refractivity contribution in [3.05, 3.63) is 130 Å². The SMILES string of the molecule is Cc1ccc(C(=O)N/N=C2\CCCc3oc(C(=O)N(Cc4ccccc4)Cc4ccccc4)c(C)c32)cc1. The van der Waals surface area contributed by atoms with Gasteiger partial charge in [0.25, 0.3) is 11.8 Å². The first kappa shape index (κ1) is 25.2. The number of aryl methyl sites for hydroxylation is 2. The molecule has 1 aromatic heterocycles. The van der Waals surface area contributed by atoms with Gasteiger partial charge in [0.1, 0.15) is 5.76 Å². The Hall–Kier alpha value is -4.45. The highest BCUT2D eigenvalue weighted by Gasteiger charge is 2.30. The molecule has 4 aromatic rings. The number of carbonyl (C=O) groups excluding carboxylic acids is 2. The van der Waals surface area contributed by atoms with Crippen LogP contribution in [0.4, 0.5) is 0 Å². The van der Waals surface area contributed by atoms with Crippen LogP contribution in [0.25, 0.3) is 0 Å². The zero-order valence-corrected chi connectivity index (χ0v) is 21.7. The van der Waals surface area contributed by atoms with Crippen LogP contribution in [0.5, 0.6) is 0 Å². The molecule has 38 heavy (non-hydrogen) atoms. The predicted octanol–water partition coefficient (Wildman–Crippen LogP) is 6.21. The summed E-state index contributed by atoms with van der Waals surface area (Å²) in [6.07, 6.45) is 2.27. The first-order valence-corrected chi connectivity index (χ1v) is 12.9. The molecule has 5 rings (SSSR count). The van der Waals surface area contributed by atoms with E-state index in [-0.39, 0.29) is 11.8 Å². The summed E-state index contributed by atoms with van der Waals surface area (Å²) in [6, 6.07) is 27.3. The van der Waals surface area contributed by atoms with Crippen molar-refractivity contribution in [1.29, 1.82) is 0 Å². The summed E-state index contributed by atoms with van der Waals surface area (Å²) < 4.78 is 6.21. The molecule has 3 aromatic carbocycles. The summed E-state index contributed by atoms with van der Waals surface area (Å²) in [4.78, 5) is 28.4. The molecule has 0 saturated heterocycles. The van der Waals surface area contributed by atoms with Crippen molar-refractivity contribution in [2.45, 2.75) is 46.2 Å². The molecule has 0 aliphatic heterocycles. The van der Waals surface area contributed by atoms with Gasteiger partial charge in [-0.2, -0.15) is 5.10 Å². The smallest absolute Gasteiger partial charge is 0.290 e. The normalized spacial score (nSPS) is 13.7. The third kappa shape index (κ3) is 5.59. The number of nitrogens with zero attached hydrogens (tertiary/aromatic N) is 2. The topological polar surface area (TPSA) is 74.9 Å². The number of fused-ring (bicyclic) bond motifs is 1. The molecule has 192 valence electrons. The van der Waals surface area contributed by atoms with Gasteiger partial charge in [-0.1, -0.05) is 78.4 Å². The lowest BCUT2D eigenvalue weighted by Gasteiger charge is -2.22. The van der Waals surface area contributed by atoms with Crippen molar-refractivity contribution in [2.75, 3.05) is 0 Å². The van der Waals surface area contributed by atoms with Crippen LogP contribution in [0.15, 0.2) is 94.4 Å². The minimum atomic E-state index is -0.265. The molecule has 0 spiro atoms. The van der Waals surface area contributed by atoms with Crippen molar-refractivity contribution in [1.82, 2.24) is 10.3 Å². The van der Waals surface area contributed by atoms with Gasteiger partial charge in [0, 0.05) is 36.2 Å². The minimum Gasteiger partial charge on any atom is -0.455 e. The number of carbonyl (C=O) groups is 2. The van der Waals surface area contributed by atoms with Gasteiger partial charge in [-0.05, 0) is 49.9 Å². The van der Waals surface area contributed by atoms with Crippen LogP contribution in [0.3, 0.4) is 0 Å². The summed E-state index contributed by atoms with van der Waals surface area (Å²) in [7, 11) is 0. The zero-order valence-electron chi connectivity index (χ0n) is 21.7. The van der Waals surface area contributed by atoms with Gasteiger partial charge in [0.2, 0.25) is 0 Å². The van der Waals surface area contributed by atoms with Crippen molar-refractivity contribution in [3.63, 3.8) is 0 Å². The molecule has 1 aliphatic carbocycles. The van der Waals surface area contributed by atoms with Crippen LogP contribution in [0, 0.1) is 13.8 Å². The number of benzene rings is 3. The number of amides is 2. The first-order valence-electron chi connectivity index (χ1n) is 12.9. The number of furan rings is 1. The largest absolute Gasteiger partial charge is 0.455 e. The van der Waals surface area contributed by atoms with E-state index in [0.717, 1.165) is 52.1 Å². The Kier molecular flexibility index (Phi) is 7.50. The van der Waals surface area contributed by atoms with E-state index in [4.69, 9.17) is 4.42 Å². The maximum Gasteiger partial charge on any atom is 0.290 e. The fraction of sp³-hybridized carbons (Fsp3) is 0.219. The molecular weight excluding hydrogens is 474 g/mol. The van der Waals surface area contributed by atoms with Gasteiger partial charge in [-0.25, -0.2) is 5.43 Å².